The lowest BCUT2D eigenvalue weighted by Gasteiger charge is -2.25. The fourth-order valence-electron chi connectivity index (χ4n) is 1.18. The molecule has 80 valence electrons. The van der Waals surface area contributed by atoms with Crippen LogP contribution >= 0.6 is 0 Å². The van der Waals surface area contributed by atoms with Gasteiger partial charge in [-0.15, -0.1) is 0 Å². The van der Waals surface area contributed by atoms with E-state index in [0.717, 1.165) is 0 Å². The van der Waals surface area contributed by atoms with Crippen LogP contribution in [0.3, 0.4) is 0 Å². The molecule has 0 aliphatic rings. The number of aliphatic carboxylic acids is 1. The van der Waals surface area contributed by atoms with Gasteiger partial charge in [-0.25, -0.2) is 4.79 Å². The van der Waals surface area contributed by atoms with Gasteiger partial charge in [0.1, 0.15) is 0 Å². The summed E-state index contributed by atoms with van der Waals surface area (Å²) in [5.41, 5.74) is 0.261. The minimum atomic E-state index is -0.949. The van der Waals surface area contributed by atoms with Gasteiger partial charge in [0, 0.05) is 12.6 Å². The molecule has 0 rings (SSSR count). The van der Waals surface area contributed by atoms with E-state index in [0.29, 0.717) is 6.41 Å². The lowest BCUT2D eigenvalue weighted by molar-refractivity contribution is -0.132. The van der Waals surface area contributed by atoms with Crippen LogP contribution in [0.25, 0.3) is 0 Å². The maximum atomic E-state index is 10.6. The first-order valence-electron chi connectivity index (χ1n) is 4.49. The van der Waals surface area contributed by atoms with Crippen LogP contribution in [0.1, 0.15) is 20.8 Å². The second-order valence-corrected chi connectivity index (χ2v) is 3.66. The Morgan fingerprint density at radius 3 is 2.21 bits per heavy atom. The number of carbonyl (C=O) groups is 2. The molecule has 4 heteroatoms. The zero-order valence-corrected chi connectivity index (χ0v) is 9.02. The number of amides is 1. The third-order valence-electron chi connectivity index (χ3n) is 2.08. The Labute approximate surface area is 84.2 Å². The van der Waals surface area contributed by atoms with E-state index < -0.39 is 5.97 Å². The molecule has 0 aliphatic heterocycles. The third-order valence-corrected chi connectivity index (χ3v) is 2.08. The molecule has 1 atom stereocenters. The molecule has 1 N–H and O–H groups in total. The van der Waals surface area contributed by atoms with Gasteiger partial charge < -0.3 is 10.0 Å². The summed E-state index contributed by atoms with van der Waals surface area (Å²) in [6.07, 6.45) is 2.30. The standard InChI is InChI=1S/C10H17NO3/c1-7(2)9(11(4)6-12)5-8(3)10(13)14/h5-7,9H,1-4H3,(H,13,14)/b8-5+. The van der Waals surface area contributed by atoms with Crippen molar-refractivity contribution < 1.29 is 14.7 Å². The largest absolute Gasteiger partial charge is 0.478 e. The smallest absolute Gasteiger partial charge is 0.331 e. The van der Waals surface area contributed by atoms with Gasteiger partial charge in [-0.2, -0.15) is 0 Å². The zero-order valence-electron chi connectivity index (χ0n) is 9.02. The van der Waals surface area contributed by atoms with Crippen molar-refractivity contribution in [2.45, 2.75) is 26.8 Å². The molecule has 14 heavy (non-hydrogen) atoms. The van der Waals surface area contributed by atoms with Crippen LogP contribution in [0.4, 0.5) is 0 Å². The van der Waals surface area contributed by atoms with Crippen LogP contribution in [-0.2, 0) is 9.59 Å². The molecular formula is C10H17NO3. The minimum Gasteiger partial charge on any atom is -0.478 e. The molecule has 0 aromatic rings. The summed E-state index contributed by atoms with van der Waals surface area (Å²) in [7, 11) is 1.64. The van der Waals surface area contributed by atoms with Gasteiger partial charge in [0.15, 0.2) is 0 Å². The molecule has 0 aromatic heterocycles. The lowest BCUT2D eigenvalue weighted by atomic mass is 10.0. The van der Waals surface area contributed by atoms with Gasteiger partial charge in [-0.3, -0.25) is 4.79 Å². The molecule has 0 saturated carbocycles. The molecule has 1 unspecified atom stereocenters. The number of hydrogen-bond acceptors (Lipinski definition) is 2. The number of hydrogen-bond donors (Lipinski definition) is 1. The van der Waals surface area contributed by atoms with E-state index in [-0.39, 0.29) is 17.5 Å². The van der Waals surface area contributed by atoms with Gasteiger partial charge >= 0.3 is 5.97 Å². The van der Waals surface area contributed by atoms with Crippen LogP contribution in [0.15, 0.2) is 11.6 Å². The van der Waals surface area contributed by atoms with Gasteiger partial charge in [0.05, 0.1) is 6.04 Å². The molecule has 0 aliphatic carbocycles. The van der Waals surface area contributed by atoms with Crippen molar-refractivity contribution in [3.8, 4) is 0 Å². The van der Waals surface area contributed by atoms with Crippen LogP contribution in [-0.4, -0.2) is 35.5 Å². The number of carboxylic acid groups (broad SMARTS) is 1. The van der Waals surface area contributed by atoms with Crippen molar-refractivity contribution in [2.75, 3.05) is 7.05 Å². The lowest BCUT2D eigenvalue weighted by Crippen LogP contribution is -2.33. The predicted molar refractivity (Wildman–Crippen MR) is 53.8 cm³/mol. The molecule has 0 radical (unpaired) electrons. The highest BCUT2D eigenvalue weighted by Crippen LogP contribution is 2.11. The topological polar surface area (TPSA) is 57.6 Å². The Morgan fingerprint density at radius 1 is 1.43 bits per heavy atom. The Balaban J connectivity index is 4.76. The first-order chi connectivity index (χ1) is 6.40. The fraction of sp³-hybridized carbons (Fsp3) is 0.600. The van der Waals surface area contributed by atoms with Crippen molar-refractivity contribution in [1.29, 1.82) is 0 Å². The maximum absolute atomic E-state index is 10.6. The number of likely N-dealkylation sites (N-methyl/N-ethyl adjacent to an activating group) is 1. The molecule has 0 fully saturated rings. The second-order valence-electron chi connectivity index (χ2n) is 3.66. The molecule has 0 spiro atoms. The quantitative estimate of drug-likeness (QED) is 0.533. The van der Waals surface area contributed by atoms with E-state index in [2.05, 4.69) is 0 Å². The number of carbonyl (C=O) groups excluding carboxylic acids is 1. The van der Waals surface area contributed by atoms with Gasteiger partial charge in [-0.05, 0) is 12.8 Å². The fourth-order valence-corrected chi connectivity index (χ4v) is 1.18. The maximum Gasteiger partial charge on any atom is 0.331 e. The van der Waals surface area contributed by atoms with Crippen LogP contribution < -0.4 is 0 Å². The van der Waals surface area contributed by atoms with E-state index in [9.17, 15) is 9.59 Å². The van der Waals surface area contributed by atoms with Gasteiger partial charge in [-0.1, -0.05) is 19.9 Å². The minimum absolute atomic E-state index is 0.163. The first-order valence-corrected chi connectivity index (χ1v) is 4.49. The number of rotatable bonds is 5. The van der Waals surface area contributed by atoms with E-state index in [4.69, 9.17) is 5.11 Å². The van der Waals surface area contributed by atoms with Gasteiger partial charge in [0.25, 0.3) is 0 Å². The van der Waals surface area contributed by atoms with Crippen LogP contribution in [0, 0.1) is 5.92 Å². The van der Waals surface area contributed by atoms with Crippen molar-refractivity contribution in [1.82, 2.24) is 4.90 Å². The summed E-state index contributed by atoms with van der Waals surface area (Å²) < 4.78 is 0. The highest BCUT2D eigenvalue weighted by molar-refractivity contribution is 5.85. The monoisotopic (exact) mass is 199 g/mol. The summed E-state index contributed by atoms with van der Waals surface area (Å²) in [5, 5.41) is 8.69. The van der Waals surface area contributed by atoms with E-state index in [1.54, 1.807) is 13.1 Å². The predicted octanol–water partition coefficient (Wildman–Crippen LogP) is 1.13. The summed E-state index contributed by atoms with van der Waals surface area (Å²) in [6, 6.07) is -0.163. The van der Waals surface area contributed by atoms with Gasteiger partial charge in [0.2, 0.25) is 6.41 Å². The van der Waals surface area contributed by atoms with Crippen molar-refractivity contribution in [3.05, 3.63) is 11.6 Å². The summed E-state index contributed by atoms with van der Waals surface area (Å²) in [6.45, 7) is 5.41. The first kappa shape index (κ1) is 12.7. The highest BCUT2D eigenvalue weighted by atomic mass is 16.4. The zero-order chi connectivity index (χ0) is 11.3. The molecule has 0 bridgehead atoms. The van der Waals surface area contributed by atoms with E-state index in [1.807, 2.05) is 13.8 Å². The number of nitrogens with zero attached hydrogens (tertiary/aromatic N) is 1. The Hall–Kier alpha value is -1.32. The van der Waals surface area contributed by atoms with E-state index >= 15 is 0 Å². The van der Waals surface area contributed by atoms with Crippen molar-refractivity contribution >= 4 is 12.4 Å². The Morgan fingerprint density at radius 2 is 1.93 bits per heavy atom. The van der Waals surface area contributed by atoms with Crippen molar-refractivity contribution in [2.24, 2.45) is 5.92 Å². The number of carboxylic acids is 1. The normalized spacial score (nSPS) is 13.9. The molecule has 0 saturated heterocycles. The molecule has 4 nitrogen and oxygen atoms in total. The van der Waals surface area contributed by atoms with Crippen molar-refractivity contribution in [3.63, 3.8) is 0 Å². The van der Waals surface area contributed by atoms with E-state index in [1.165, 1.54) is 11.8 Å². The molecule has 0 heterocycles. The summed E-state index contributed by atoms with van der Waals surface area (Å²) >= 11 is 0. The molecule has 1 amide bonds. The molecule has 0 aromatic carbocycles. The SMILES string of the molecule is C/C(=C\C(C(C)C)N(C)C=O)C(=O)O. The molecular weight excluding hydrogens is 182 g/mol. The highest BCUT2D eigenvalue weighted by Gasteiger charge is 2.16. The summed E-state index contributed by atoms with van der Waals surface area (Å²) in [5.74, 6) is -0.755. The average molecular weight is 199 g/mol. The van der Waals surface area contributed by atoms with Crippen LogP contribution in [0.5, 0.6) is 0 Å². The second kappa shape index (κ2) is 5.42. The third kappa shape index (κ3) is 3.60. The average Bonchev–Trinajstić information content (AvgIpc) is 2.11. The van der Waals surface area contributed by atoms with Crippen LogP contribution in [0.2, 0.25) is 0 Å². The summed E-state index contributed by atoms with van der Waals surface area (Å²) in [4.78, 5) is 22.6. The Bertz CT molecular complexity index is 246. The Kier molecular flexibility index (Phi) is 4.91.